The number of benzene rings is 1. The maximum Gasteiger partial charge on any atom is 0.0366 e. The molecule has 2 nitrogen and oxygen atoms in total. The Hall–Kier alpha value is -1.02. The number of hydrogen-bond donors (Lipinski definition) is 1. The molecule has 1 atom stereocenters. The predicted octanol–water partition coefficient (Wildman–Crippen LogP) is 3.29. The summed E-state index contributed by atoms with van der Waals surface area (Å²) in [7, 11) is 0. The third-order valence-corrected chi connectivity index (χ3v) is 5.43. The highest BCUT2D eigenvalue weighted by Crippen LogP contribution is 2.45. The maximum atomic E-state index is 3.59. The number of rotatable bonds is 2. The van der Waals surface area contributed by atoms with Gasteiger partial charge in [-0.3, -0.25) is 0 Å². The minimum Gasteiger partial charge on any atom is -0.371 e. The zero-order valence-electron chi connectivity index (χ0n) is 12.1. The second-order valence-corrected chi connectivity index (χ2v) is 6.24. The van der Waals surface area contributed by atoms with Crippen molar-refractivity contribution in [2.24, 2.45) is 11.3 Å². The first kappa shape index (κ1) is 13.0. The lowest BCUT2D eigenvalue weighted by Gasteiger charge is -2.50. The molecule has 0 saturated carbocycles. The van der Waals surface area contributed by atoms with E-state index in [-0.39, 0.29) is 0 Å². The van der Waals surface area contributed by atoms with Crippen molar-refractivity contribution in [3.05, 3.63) is 30.3 Å². The van der Waals surface area contributed by atoms with Crippen LogP contribution in [-0.2, 0) is 0 Å². The minimum atomic E-state index is 0.630. The van der Waals surface area contributed by atoms with Crippen LogP contribution in [0.15, 0.2) is 30.3 Å². The van der Waals surface area contributed by atoms with Crippen LogP contribution in [0.5, 0.6) is 0 Å². The quantitative estimate of drug-likeness (QED) is 0.875. The van der Waals surface area contributed by atoms with Gasteiger partial charge in [-0.1, -0.05) is 31.5 Å². The molecule has 0 amide bonds. The van der Waals surface area contributed by atoms with E-state index in [9.17, 15) is 0 Å². The summed E-state index contributed by atoms with van der Waals surface area (Å²) in [6.07, 6.45) is 5.47. The van der Waals surface area contributed by atoms with Gasteiger partial charge in [0.05, 0.1) is 0 Å². The largest absolute Gasteiger partial charge is 0.371 e. The molecule has 2 aliphatic heterocycles. The second kappa shape index (κ2) is 5.54. The van der Waals surface area contributed by atoms with E-state index in [0.29, 0.717) is 5.41 Å². The van der Waals surface area contributed by atoms with Gasteiger partial charge < -0.3 is 10.2 Å². The molecule has 1 aromatic rings. The van der Waals surface area contributed by atoms with Gasteiger partial charge in [0.15, 0.2) is 0 Å². The summed E-state index contributed by atoms with van der Waals surface area (Å²) in [4.78, 5) is 2.57. The van der Waals surface area contributed by atoms with Crippen LogP contribution in [0.25, 0.3) is 0 Å². The van der Waals surface area contributed by atoms with Gasteiger partial charge in [-0.25, -0.2) is 0 Å². The van der Waals surface area contributed by atoms with Crippen LogP contribution < -0.4 is 10.2 Å². The van der Waals surface area contributed by atoms with E-state index in [1.165, 1.54) is 57.5 Å². The van der Waals surface area contributed by atoms with E-state index in [0.717, 1.165) is 5.92 Å². The SMILES string of the molecule is CCC1CNCCC12CCN(c1ccccc1)CC2. The van der Waals surface area contributed by atoms with Crippen molar-refractivity contribution in [1.82, 2.24) is 5.32 Å². The lowest BCUT2D eigenvalue weighted by atomic mass is 9.64. The molecule has 2 heterocycles. The Morgan fingerprint density at radius 1 is 1.16 bits per heavy atom. The standard InChI is InChI=1S/C17H26N2/c1-2-15-14-18-11-8-17(15)9-12-19(13-10-17)16-6-4-3-5-7-16/h3-7,15,18H,2,8-14H2,1H3. The molecule has 2 saturated heterocycles. The zero-order chi connectivity index (χ0) is 13.1. The Balaban J connectivity index is 1.68. The van der Waals surface area contributed by atoms with Gasteiger partial charge in [-0.15, -0.1) is 0 Å². The van der Waals surface area contributed by atoms with Crippen molar-refractivity contribution in [1.29, 1.82) is 0 Å². The number of piperidine rings is 2. The van der Waals surface area contributed by atoms with Gasteiger partial charge in [-0.05, 0) is 55.8 Å². The molecule has 2 heteroatoms. The molecule has 2 fully saturated rings. The Morgan fingerprint density at radius 3 is 2.58 bits per heavy atom. The molecular formula is C17H26N2. The van der Waals surface area contributed by atoms with E-state index in [1.807, 2.05) is 0 Å². The molecular weight excluding hydrogens is 232 g/mol. The van der Waals surface area contributed by atoms with Crippen molar-refractivity contribution < 1.29 is 0 Å². The predicted molar refractivity (Wildman–Crippen MR) is 81.6 cm³/mol. The van der Waals surface area contributed by atoms with Crippen LogP contribution in [0.1, 0.15) is 32.6 Å². The highest BCUT2D eigenvalue weighted by molar-refractivity contribution is 5.46. The Kier molecular flexibility index (Phi) is 3.79. The van der Waals surface area contributed by atoms with Crippen LogP contribution in [0, 0.1) is 11.3 Å². The second-order valence-electron chi connectivity index (χ2n) is 6.24. The van der Waals surface area contributed by atoms with E-state index in [4.69, 9.17) is 0 Å². The van der Waals surface area contributed by atoms with Crippen LogP contribution in [0.2, 0.25) is 0 Å². The number of anilines is 1. The molecule has 1 aromatic carbocycles. The van der Waals surface area contributed by atoms with Crippen molar-refractivity contribution in [2.75, 3.05) is 31.1 Å². The fourth-order valence-electron chi connectivity index (χ4n) is 4.12. The summed E-state index contributed by atoms with van der Waals surface area (Å²) in [6.45, 7) is 7.30. The summed E-state index contributed by atoms with van der Waals surface area (Å²) in [6, 6.07) is 10.9. The summed E-state index contributed by atoms with van der Waals surface area (Å²) in [5.41, 5.74) is 2.03. The molecule has 2 aliphatic rings. The number of nitrogens with zero attached hydrogens (tertiary/aromatic N) is 1. The normalized spacial score (nSPS) is 26.6. The fraction of sp³-hybridized carbons (Fsp3) is 0.647. The molecule has 0 bridgehead atoms. The van der Waals surface area contributed by atoms with Gasteiger partial charge in [0.1, 0.15) is 0 Å². The van der Waals surface area contributed by atoms with E-state index in [2.05, 4.69) is 47.5 Å². The third-order valence-electron chi connectivity index (χ3n) is 5.43. The van der Waals surface area contributed by atoms with E-state index >= 15 is 0 Å². The van der Waals surface area contributed by atoms with Crippen molar-refractivity contribution in [3.8, 4) is 0 Å². The van der Waals surface area contributed by atoms with Crippen LogP contribution in [-0.4, -0.2) is 26.2 Å². The van der Waals surface area contributed by atoms with Gasteiger partial charge in [0, 0.05) is 18.8 Å². The van der Waals surface area contributed by atoms with Gasteiger partial charge in [-0.2, -0.15) is 0 Å². The zero-order valence-corrected chi connectivity index (χ0v) is 12.1. The molecule has 1 N–H and O–H groups in total. The first-order chi connectivity index (χ1) is 9.34. The van der Waals surface area contributed by atoms with Crippen LogP contribution in [0.4, 0.5) is 5.69 Å². The van der Waals surface area contributed by atoms with Crippen molar-refractivity contribution in [2.45, 2.75) is 32.6 Å². The lowest BCUT2D eigenvalue weighted by molar-refractivity contribution is 0.0719. The third kappa shape index (κ3) is 2.51. The van der Waals surface area contributed by atoms with Crippen molar-refractivity contribution >= 4 is 5.69 Å². The van der Waals surface area contributed by atoms with Crippen LogP contribution in [0.3, 0.4) is 0 Å². The van der Waals surface area contributed by atoms with Crippen molar-refractivity contribution in [3.63, 3.8) is 0 Å². The first-order valence-electron chi connectivity index (χ1n) is 7.85. The summed E-state index contributed by atoms with van der Waals surface area (Å²) >= 11 is 0. The molecule has 0 aromatic heterocycles. The summed E-state index contributed by atoms with van der Waals surface area (Å²) in [5.74, 6) is 0.888. The van der Waals surface area contributed by atoms with Crippen LogP contribution >= 0.6 is 0 Å². The number of nitrogens with one attached hydrogen (secondary N) is 1. The topological polar surface area (TPSA) is 15.3 Å². The molecule has 3 rings (SSSR count). The lowest BCUT2D eigenvalue weighted by Crippen LogP contribution is -2.51. The first-order valence-corrected chi connectivity index (χ1v) is 7.85. The summed E-state index contributed by atoms with van der Waals surface area (Å²) in [5, 5.41) is 3.59. The molecule has 0 radical (unpaired) electrons. The average Bonchev–Trinajstić information content (AvgIpc) is 2.49. The molecule has 104 valence electrons. The van der Waals surface area contributed by atoms with E-state index in [1.54, 1.807) is 0 Å². The number of para-hydroxylation sites is 1. The highest BCUT2D eigenvalue weighted by atomic mass is 15.1. The molecule has 1 spiro atoms. The highest BCUT2D eigenvalue weighted by Gasteiger charge is 2.41. The molecule has 19 heavy (non-hydrogen) atoms. The van der Waals surface area contributed by atoms with Gasteiger partial charge in [0.2, 0.25) is 0 Å². The molecule has 0 aliphatic carbocycles. The maximum absolute atomic E-state index is 3.59. The van der Waals surface area contributed by atoms with Gasteiger partial charge >= 0.3 is 0 Å². The van der Waals surface area contributed by atoms with E-state index < -0.39 is 0 Å². The Labute approximate surface area is 117 Å². The average molecular weight is 258 g/mol. The minimum absolute atomic E-state index is 0.630. The molecule has 1 unspecified atom stereocenters. The monoisotopic (exact) mass is 258 g/mol. The fourth-order valence-corrected chi connectivity index (χ4v) is 4.12. The Morgan fingerprint density at radius 2 is 1.89 bits per heavy atom. The van der Waals surface area contributed by atoms with Gasteiger partial charge in [0.25, 0.3) is 0 Å². The number of hydrogen-bond acceptors (Lipinski definition) is 2. The Bertz CT molecular complexity index is 393. The summed E-state index contributed by atoms with van der Waals surface area (Å²) < 4.78 is 0. The smallest absolute Gasteiger partial charge is 0.0366 e.